The van der Waals surface area contributed by atoms with E-state index >= 15 is 0 Å². The summed E-state index contributed by atoms with van der Waals surface area (Å²) in [5.41, 5.74) is 1.99. The quantitative estimate of drug-likeness (QED) is 0.733. The summed E-state index contributed by atoms with van der Waals surface area (Å²) < 4.78 is 0. The Morgan fingerprint density at radius 2 is 1.91 bits per heavy atom. The van der Waals surface area contributed by atoms with Crippen LogP contribution in [0.1, 0.15) is 50.0 Å². The number of carbonyl (C=O) groups excluding carboxylic acids is 1. The third-order valence-electron chi connectivity index (χ3n) is 5.19. The largest absolute Gasteiger partial charge is 0.299 e. The Morgan fingerprint density at radius 1 is 1.18 bits per heavy atom. The van der Waals surface area contributed by atoms with E-state index in [1.165, 1.54) is 5.56 Å². The lowest BCUT2D eigenvalue weighted by Crippen LogP contribution is -2.29. The molecule has 0 bridgehead atoms. The van der Waals surface area contributed by atoms with Gasteiger partial charge in [0.2, 0.25) is 0 Å². The zero-order valence-corrected chi connectivity index (χ0v) is 12.5. The molecule has 3 nitrogen and oxygen atoms in total. The molecule has 3 heteroatoms. The van der Waals surface area contributed by atoms with Crippen LogP contribution in [0, 0.1) is 28.1 Å². The Kier molecular flexibility index (Phi) is 3.82. The number of Topliss-reactive ketones (excluding diaryl/α,β-unsaturated/α-hetero) is 1. The number of rotatable bonds is 1. The molecule has 2 aliphatic carbocycles. The van der Waals surface area contributed by atoms with Crippen molar-refractivity contribution >= 4 is 5.78 Å². The van der Waals surface area contributed by atoms with Crippen LogP contribution in [-0.4, -0.2) is 5.78 Å². The van der Waals surface area contributed by atoms with Crippen LogP contribution in [0.25, 0.3) is 0 Å². The molecule has 0 radical (unpaired) electrons. The minimum atomic E-state index is -0.340. The number of ketones is 1. The number of allylic oxidation sites excluding steroid dienone is 2. The number of nitrogens with zero attached hydrogens (tertiary/aromatic N) is 2. The van der Waals surface area contributed by atoms with Gasteiger partial charge in [-0.05, 0) is 49.2 Å². The van der Waals surface area contributed by atoms with Crippen molar-refractivity contribution in [2.45, 2.75) is 44.4 Å². The summed E-state index contributed by atoms with van der Waals surface area (Å²) in [6, 6.07) is 14.2. The second-order valence-corrected chi connectivity index (χ2v) is 6.45. The van der Waals surface area contributed by atoms with Crippen molar-refractivity contribution in [1.29, 1.82) is 10.5 Å². The zero-order chi connectivity index (χ0) is 15.6. The highest BCUT2D eigenvalue weighted by molar-refractivity contribution is 5.88. The predicted molar refractivity (Wildman–Crippen MR) is 82.6 cm³/mol. The molecule has 0 saturated heterocycles. The fourth-order valence-corrected chi connectivity index (χ4v) is 4.09. The Hall–Kier alpha value is -2.39. The van der Waals surface area contributed by atoms with Crippen LogP contribution < -0.4 is 0 Å². The summed E-state index contributed by atoms with van der Waals surface area (Å²) in [4.78, 5) is 12.7. The van der Waals surface area contributed by atoms with Crippen LogP contribution in [0.5, 0.6) is 0 Å². The first-order chi connectivity index (χ1) is 10.7. The minimum Gasteiger partial charge on any atom is -0.299 e. The van der Waals surface area contributed by atoms with E-state index in [9.17, 15) is 4.79 Å². The fraction of sp³-hybridized carbons (Fsp3) is 0.421. The number of hydrogen-bond acceptors (Lipinski definition) is 3. The molecule has 0 N–H and O–H groups in total. The molecule has 0 unspecified atom stereocenters. The molecule has 0 aromatic heterocycles. The summed E-state index contributed by atoms with van der Waals surface area (Å²) in [5, 5.41) is 18.2. The summed E-state index contributed by atoms with van der Waals surface area (Å²) in [6.07, 6.45) is 4.61. The van der Waals surface area contributed by atoms with Crippen molar-refractivity contribution in [2.24, 2.45) is 5.41 Å². The molecule has 2 atom stereocenters. The van der Waals surface area contributed by atoms with Crippen molar-refractivity contribution in [3.63, 3.8) is 0 Å². The van der Waals surface area contributed by atoms with Gasteiger partial charge in [0.05, 0.1) is 0 Å². The van der Waals surface area contributed by atoms with Gasteiger partial charge in [0, 0.05) is 11.8 Å². The monoisotopic (exact) mass is 290 g/mol. The molecular formula is C19H18N2O. The maximum absolute atomic E-state index is 12.7. The standard InChI is InChI=1S/C19H18N2O/c20-12-17(13-21)15-7-4-8-19(10-15)11-16(9-18(19)22)14-5-2-1-3-6-14/h1-3,5-6,16H,4,7-11H2/t16-,19+/m1/s1. The Labute approximate surface area is 130 Å². The first kappa shape index (κ1) is 14.5. The van der Waals surface area contributed by atoms with Gasteiger partial charge in [-0.2, -0.15) is 10.5 Å². The fourth-order valence-electron chi connectivity index (χ4n) is 4.09. The second kappa shape index (κ2) is 5.78. The van der Waals surface area contributed by atoms with Crippen LogP contribution in [0.4, 0.5) is 0 Å². The molecule has 0 heterocycles. The lowest BCUT2D eigenvalue weighted by Gasteiger charge is -2.33. The van der Waals surface area contributed by atoms with E-state index in [-0.39, 0.29) is 16.9 Å². The van der Waals surface area contributed by atoms with Crippen molar-refractivity contribution in [2.75, 3.05) is 0 Å². The van der Waals surface area contributed by atoms with E-state index in [1.54, 1.807) is 0 Å². The number of carbonyl (C=O) groups is 1. The van der Waals surface area contributed by atoms with Crippen LogP contribution in [0.15, 0.2) is 41.5 Å². The van der Waals surface area contributed by atoms with Crippen molar-refractivity contribution in [3.05, 3.63) is 47.0 Å². The molecule has 2 aliphatic rings. The van der Waals surface area contributed by atoms with Gasteiger partial charge in [0.25, 0.3) is 0 Å². The molecule has 3 rings (SSSR count). The average Bonchev–Trinajstić information content (AvgIpc) is 2.86. The smallest absolute Gasteiger partial charge is 0.139 e. The van der Waals surface area contributed by atoms with Gasteiger partial charge in [0.15, 0.2) is 0 Å². The van der Waals surface area contributed by atoms with E-state index < -0.39 is 0 Å². The lowest BCUT2D eigenvalue weighted by atomic mass is 9.69. The first-order valence-corrected chi connectivity index (χ1v) is 7.79. The van der Waals surface area contributed by atoms with E-state index in [4.69, 9.17) is 10.5 Å². The minimum absolute atomic E-state index is 0.218. The molecular weight excluding hydrogens is 272 g/mol. The van der Waals surface area contributed by atoms with Gasteiger partial charge in [-0.15, -0.1) is 0 Å². The van der Waals surface area contributed by atoms with Crippen LogP contribution in [-0.2, 0) is 4.79 Å². The zero-order valence-electron chi connectivity index (χ0n) is 12.5. The lowest BCUT2D eigenvalue weighted by molar-refractivity contribution is -0.126. The summed E-state index contributed by atoms with van der Waals surface area (Å²) >= 11 is 0. The predicted octanol–water partition coefficient (Wildman–Crippen LogP) is 4.04. The topological polar surface area (TPSA) is 64.7 Å². The molecule has 1 aromatic carbocycles. The number of nitriles is 2. The number of benzene rings is 1. The average molecular weight is 290 g/mol. The second-order valence-electron chi connectivity index (χ2n) is 6.45. The van der Waals surface area contributed by atoms with Gasteiger partial charge >= 0.3 is 0 Å². The molecule has 22 heavy (non-hydrogen) atoms. The van der Waals surface area contributed by atoms with Gasteiger partial charge in [-0.3, -0.25) is 4.79 Å². The maximum Gasteiger partial charge on any atom is 0.139 e. The Morgan fingerprint density at radius 3 is 2.59 bits per heavy atom. The molecule has 110 valence electrons. The normalized spacial score (nSPS) is 27.5. The third-order valence-corrected chi connectivity index (χ3v) is 5.19. The van der Waals surface area contributed by atoms with E-state index in [1.807, 2.05) is 30.3 Å². The van der Waals surface area contributed by atoms with Crippen molar-refractivity contribution in [3.8, 4) is 12.1 Å². The highest BCUT2D eigenvalue weighted by Gasteiger charge is 2.48. The van der Waals surface area contributed by atoms with E-state index in [0.717, 1.165) is 31.3 Å². The Bertz CT molecular complexity index is 689. The summed E-state index contributed by atoms with van der Waals surface area (Å²) in [6.45, 7) is 0. The Balaban J connectivity index is 1.88. The van der Waals surface area contributed by atoms with Crippen molar-refractivity contribution < 1.29 is 4.79 Å². The van der Waals surface area contributed by atoms with E-state index in [2.05, 4.69) is 12.1 Å². The van der Waals surface area contributed by atoms with Gasteiger partial charge < -0.3 is 0 Å². The molecule has 0 amide bonds. The van der Waals surface area contributed by atoms with Crippen LogP contribution in [0.3, 0.4) is 0 Å². The molecule has 1 aromatic rings. The summed E-state index contributed by atoms with van der Waals surface area (Å²) in [7, 11) is 0. The highest BCUT2D eigenvalue weighted by atomic mass is 16.1. The van der Waals surface area contributed by atoms with Gasteiger partial charge in [-0.1, -0.05) is 30.3 Å². The van der Waals surface area contributed by atoms with Crippen LogP contribution >= 0.6 is 0 Å². The molecule has 1 spiro atoms. The third kappa shape index (κ3) is 2.44. The van der Waals surface area contributed by atoms with Crippen molar-refractivity contribution in [1.82, 2.24) is 0 Å². The van der Waals surface area contributed by atoms with Gasteiger partial charge in [-0.25, -0.2) is 0 Å². The molecule has 2 fully saturated rings. The maximum atomic E-state index is 12.7. The SMILES string of the molecule is N#CC(C#N)=C1CCC[C@]2(C1)C[C@H](c1ccccc1)CC2=O. The van der Waals surface area contributed by atoms with E-state index in [0.29, 0.717) is 18.6 Å². The highest BCUT2D eigenvalue weighted by Crippen LogP contribution is 2.53. The first-order valence-electron chi connectivity index (χ1n) is 7.79. The molecule has 0 aliphatic heterocycles. The van der Waals surface area contributed by atoms with Crippen LogP contribution in [0.2, 0.25) is 0 Å². The number of hydrogen-bond donors (Lipinski definition) is 0. The molecule has 2 saturated carbocycles. The van der Waals surface area contributed by atoms with Gasteiger partial charge in [0.1, 0.15) is 23.5 Å². The summed E-state index contributed by atoms with van der Waals surface area (Å²) in [5.74, 6) is 0.592.